The second-order valence-electron chi connectivity index (χ2n) is 1.72. The van der Waals surface area contributed by atoms with E-state index in [1.165, 1.54) is 6.92 Å². The molecule has 0 radical (unpaired) electrons. The molecule has 0 saturated heterocycles. The molecule has 0 aromatic rings. The third-order valence-electron chi connectivity index (χ3n) is 0.930. The second-order valence-corrected chi connectivity index (χ2v) is 1.72. The lowest BCUT2D eigenvalue weighted by Gasteiger charge is -2.02. The summed E-state index contributed by atoms with van der Waals surface area (Å²) in [6, 6.07) is 0. The van der Waals surface area contributed by atoms with E-state index in [9.17, 15) is 4.79 Å². The Bertz CT molecular complexity index is 163. The summed E-state index contributed by atoms with van der Waals surface area (Å²) in [5, 5.41) is 8.31. The molecular weight excluding hydrogens is 132 g/mol. The molecular formula is C7H10O3. The number of ether oxygens (including phenoxy) is 1. The molecule has 0 spiro atoms. The van der Waals surface area contributed by atoms with Gasteiger partial charge in [0.25, 0.3) is 0 Å². The van der Waals surface area contributed by atoms with Gasteiger partial charge in [0.2, 0.25) is 0 Å². The maximum atomic E-state index is 10.1. The molecule has 0 bridgehead atoms. The number of carbonyl (C=O) groups is 1. The van der Waals surface area contributed by atoms with Gasteiger partial charge in [0.15, 0.2) is 6.10 Å². The molecule has 1 atom stereocenters. The minimum Gasteiger partial charge on any atom is -0.479 e. The van der Waals surface area contributed by atoms with Gasteiger partial charge in [0.05, 0.1) is 0 Å². The van der Waals surface area contributed by atoms with Crippen molar-refractivity contribution in [2.24, 2.45) is 0 Å². The quantitative estimate of drug-likeness (QED) is 0.583. The van der Waals surface area contributed by atoms with Crippen molar-refractivity contribution in [1.82, 2.24) is 0 Å². The maximum absolute atomic E-state index is 10.1. The van der Waals surface area contributed by atoms with Gasteiger partial charge in [-0.2, -0.15) is 0 Å². The lowest BCUT2D eigenvalue weighted by molar-refractivity contribution is -0.148. The highest BCUT2D eigenvalue weighted by molar-refractivity contribution is 5.71. The Balaban J connectivity index is 3.46. The predicted molar refractivity (Wildman–Crippen MR) is 36.5 cm³/mol. The van der Waals surface area contributed by atoms with Gasteiger partial charge >= 0.3 is 5.97 Å². The highest BCUT2D eigenvalue weighted by Gasteiger charge is 2.08. The zero-order chi connectivity index (χ0) is 7.98. The SMILES string of the molecule is CC#CCO[C@H](C)C(=O)O. The summed E-state index contributed by atoms with van der Waals surface area (Å²) < 4.78 is 4.77. The van der Waals surface area contributed by atoms with Crippen molar-refractivity contribution < 1.29 is 14.6 Å². The summed E-state index contributed by atoms with van der Waals surface area (Å²) in [6.45, 7) is 3.33. The summed E-state index contributed by atoms with van der Waals surface area (Å²) in [4.78, 5) is 10.1. The Morgan fingerprint density at radius 3 is 2.80 bits per heavy atom. The molecule has 56 valence electrons. The monoisotopic (exact) mass is 142 g/mol. The summed E-state index contributed by atoms with van der Waals surface area (Å²) in [7, 11) is 0. The summed E-state index contributed by atoms with van der Waals surface area (Å²) in [5.74, 6) is 4.23. The van der Waals surface area contributed by atoms with Crippen LogP contribution in [0.4, 0.5) is 0 Å². The molecule has 0 aliphatic rings. The van der Waals surface area contributed by atoms with E-state index in [-0.39, 0.29) is 6.61 Å². The summed E-state index contributed by atoms with van der Waals surface area (Å²) in [6.07, 6.45) is -0.763. The van der Waals surface area contributed by atoms with E-state index in [1.54, 1.807) is 6.92 Å². The Morgan fingerprint density at radius 1 is 1.80 bits per heavy atom. The van der Waals surface area contributed by atoms with E-state index in [2.05, 4.69) is 11.8 Å². The van der Waals surface area contributed by atoms with Crippen LogP contribution in [0.3, 0.4) is 0 Å². The average Bonchev–Trinajstić information content (AvgIpc) is 1.88. The van der Waals surface area contributed by atoms with Gasteiger partial charge in [-0.3, -0.25) is 0 Å². The van der Waals surface area contributed by atoms with Gasteiger partial charge in [-0.25, -0.2) is 4.79 Å². The van der Waals surface area contributed by atoms with Gasteiger partial charge in [0.1, 0.15) is 6.61 Å². The van der Waals surface area contributed by atoms with Crippen LogP contribution in [0, 0.1) is 11.8 Å². The Kier molecular flexibility index (Phi) is 4.34. The number of carboxylic acids is 1. The highest BCUT2D eigenvalue weighted by atomic mass is 16.5. The fourth-order valence-corrected chi connectivity index (χ4v) is 0.310. The van der Waals surface area contributed by atoms with E-state index >= 15 is 0 Å². The molecule has 3 heteroatoms. The molecule has 3 nitrogen and oxygen atoms in total. The lowest BCUT2D eigenvalue weighted by atomic mass is 10.4. The minimum absolute atomic E-state index is 0.184. The van der Waals surface area contributed by atoms with Crippen LogP contribution in [-0.4, -0.2) is 23.8 Å². The molecule has 1 N–H and O–H groups in total. The van der Waals surface area contributed by atoms with Gasteiger partial charge < -0.3 is 9.84 Å². The summed E-state index contributed by atoms with van der Waals surface area (Å²) >= 11 is 0. The van der Waals surface area contributed by atoms with Gasteiger partial charge in [0, 0.05) is 0 Å². The first-order valence-electron chi connectivity index (χ1n) is 2.92. The first-order valence-corrected chi connectivity index (χ1v) is 2.92. The molecule has 0 amide bonds. The highest BCUT2D eigenvalue weighted by Crippen LogP contribution is 1.87. The lowest BCUT2D eigenvalue weighted by Crippen LogP contribution is -2.19. The molecule has 0 heterocycles. The molecule has 0 aliphatic carbocycles. The zero-order valence-electron chi connectivity index (χ0n) is 6.05. The number of hydrogen-bond acceptors (Lipinski definition) is 2. The predicted octanol–water partition coefficient (Wildman–Crippen LogP) is 0.499. The van der Waals surface area contributed by atoms with E-state index in [0.717, 1.165) is 0 Å². The Labute approximate surface area is 60.0 Å². The second kappa shape index (κ2) is 4.83. The third-order valence-corrected chi connectivity index (χ3v) is 0.930. The average molecular weight is 142 g/mol. The first-order chi connectivity index (χ1) is 4.68. The van der Waals surface area contributed by atoms with Crippen LogP contribution in [-0.2, 0) is 9.53 Å². The van der Waals surface area contributed by atoms with Crippen molar-refractivity contribution in [2.45, 2.75) is 20.0 Å². The molecule has 0 fully saturated rings. The molecule has 0 unspecified atom stereocenters. The third kappa shape index (κ3) is 3.93. The van der Waals surface area contributed by atoms with Crippen molar-refractivity contribution in [2.75, 3.05) is 6.61 Å². The molecule has 0 aromatic carbocycles. The van der Waals surface area contributed by atoms with E-state index in [0.29, 0.717) is 0 Å². The smallest absolute Gasteiger partial charge is 0.332 e. The zero-order valence-corrected chi connectivity index (χ0v) is 6.05. The Morgan fingerprint density at radius 2 is 2.40 bits per heavy atom. The van der Waals surface area contributed by atoms with Crippen LogP contribution < -0.4 is 0 Å². The van der Waals surface area contributed by atoms with Gasteiger partial charge in [-0.1, -0.05) is 5.92 Å². The van der Waals surface area contributed by atoms with Crippen LogP contribution >= 0.6 is 0 Å². The topological polar surface area (TPSA) is 46.5 Å². The largest absolute Gasteiger partial charge is 0.479 e. The minimum atomic E-state index is -0.960. The van der Waals surface area contributed by atoms with Crippen molar-refractivity contribution in [1.29, 1.82) is 0 Å². The standard InChI is InChI=1S/C7H10O3/c1-3-4-5-10-6(2)7(8)9/h6H,5H2,1-2H3,(H,8,9)/t6-/m1/s1. The first kappa shape index (κ1) is 8.99. The van der Waals surface area contributed by atoms with Crippen molar-refractivity contribution in [3.63, 3.8) is 0 Å². The van der Waals surface area contributed by atoms with Gasteiger partial charge in [-0.15, -0.1) is 5.92 Å². The number of rotatable bonds is 3. The summed E-state index contributed by atoms with van der Waals surface area (Å²) in [5.41, 5.74) is 0. The van der Waals surface area contributed by atoms with E-state index < -0.39 is 12.1 Å². The molecule has 0 rings (SSSR count). The number of aliphatic carboxylic acids is 1. The van der Waals surface area contributed by atoms with Crippen LogP contribution in [0.1, 0.15) is 13.8 Å². The fourth-order valence-electron chi connectivity index (χ4n) is 0.310. The van der Waals surface area contributed by atoms with Crippen LogP contribution in [0.15, 0.2) is 0 Å². The normalized spacial score (nSPS) is 11.4. The van der Waals surface area contributed by atoms with Crippen molar-refractivity contribution in [3.8, 4) is 11.8 Å². The van der Waals surface area contributed by atoms with Crippen molar-refractivity contribution in [3.05, 3.63) is 0 Å². The van der Waals surface area contributed by atoms with Crippen molar-refractivity contribution >= 4 is 5.97 Å². The van der Waals surface area contributed by atoms with Gasteiger partial charge in [-0.05, 0) is 13.8 Å². The number of hydrogen-bond donors (Lipinski definition) is 1. The van der Waals surface area contributed by atoms with E-state index in [1.807, 2.05) is 0 Å². The van der Waals surface area contributed by atoms with Crippen LogP contribution in [0.5, 0.6) is 0 Å². The van der Waals surface area contributed by atoms with Crippen LogP contribution in [0.2, 0.25) is 0 Å². The molecule has 10 heavy (non-hydrogen) atoms. The Hall–Kier alpha value is -1.01. The molecule has 0 aromatic heterocycles. The number of carboxylic acid groups (broad SMARTS) is 1. The fraction of sp³-hybridized carbons (Fsp3) is 0.571. The molecule has 0 saturated carbocycles. The van der Waals surface area contributed by atoms with E-state index in [4.69, 9.17) is 9.84 Å². The van der Waals surface area contributed by atoms with Crippen LogP contribution in [0.25, 0.3) is 0 Å². The maximum Gasteiger partial charge on any atom is 0.332 e. The molecule has 0 aliphatic heterocycles.